The number of hydrogen-bond acceptors (Lipinski definition) is 3. The summed E-state index contributed by atoms with van der Waals surface area (Å²) < 4.78 is 11.6. The van der Waals surface area contributed by atoms with Gasteiger partial charge in [0.2, 0.25) is 0 Å². The zero-order chi connectivity index (χ0) is 27.9. The van der Waals surface area contributed by atoms with E-state index in [9.17, 15) is 4.79 Å². The Bertz CT molecular complexity index is 1010. The third kappa shape index (κ3) is 14.5. The minimum Gasteiger partial charge on any atom is -0.491 e. The van der Waals surface area contributed by atoms with E-state index in [0.717, 1.165) is 50.7 Å². The molecular weight excluding hydrogens is 492 g/mol. The van der Waals surface area contributed by atoms with Crippen LogP contribution in [0.4, 0.5) is 0 Å². The molecule has 3 rings (SSSR count). The van der Waals surface area contributed by atoms with Crippen LogP contribution in [0.3, 0.4) is 0 Å². The quantitative estimate of drug-likeness (QED) is 0.0884. The van der Waals surface area contributed by atoms with Crippen molar-refractivity contribution >= 4 is 6.29 Å². The number of ether oxygens (including phenoxy) is 2. The van der Waals surface area contributed by atoms with Crippen molar-refractivity contribution in [2.24, 2.45) is 0 Å². The molecule has 3 aromatic rings. The Kier molecular flexibility index (Phi) is 16.5. The summed E-state index contributed by atoms with van der Waals surface area (Å²) in [6.45, 7) is 2.07. The van der Waals surface area contributed by atoms with Crippen molar-refractivity contribution < 1.29 is 14.3 Å². The van der Waals surface area contributed by atoms with Gasteiger partial charge < -0.3 is 14.3 Å². The fraction of sp³-hybridized carbons (Fsp3) is 0.486. The molecule has 0 aliphatic rings. The number of benzene rings is 3. The van der Waals surface area contributed by atoms with E-state index in [1.165, 1.54) is 86.5 Å². The fourth-order valence-electron chi connectivity index (χ4n) is 5.07. The summed E-state index contributed by atoms with van der Waals surface area (Å²) in [4.78, 5) is 10.3. The van der Waals surface area contributed by atoms with Gasteiger partial charge in [-0.1, -0.05) is 131 Å². The summed E-state index contributed by atoms with van der Waals surface area (Å²) in [6, 6.07) is 28.0. The number of unbranched alkanes of at least 4 members (excludes halogenated alkanes) is 12. The number of carbonyl (C=O) groups is 1. The molecular formula is C37H50O3. The highest BCUT2D eigenvalue weighted by molar-refractivity contribution is 5.48. The van der Waals surface area contributed by atoms with Crippen LogP contribution in [0.5, 0.6) is 5.75 Å². The van der Waals surface area contributed by atoms with Crippen LogP contribution >= 0.6 is 0 Å². The molecule has 0 aliphatic heterocycles. The summed E-state index contributed by atoms with van der Waals surface area (Å²) >= 11 is 0. The van der Waals surface area contributed by atoms with Gasteiger partial charge in [0, 0.05) is 13.0 Å². The maximum atomic E-state index is 10.3. The van der Waals surface area contributed by atoms with Gasteiger partial charge in [0.1, 0.15) is 18.6 Å². The topological polar surface area (TPSA) is 35.5 Å². The molecule has 0 saturated carbocycles. The van der Waals surface area contributed by atoms with Crippen LogP contribution in [0.2, 0.25) is 0 Å². The van der Waals surface area contributed by atoms with Crippen LogP contribution in [-0.4, -0.2) is 26.1 Å². The maximum absolute atomic E-state index is 10.3. The van der Waals surface area contributed by atoms with Crippen LogP contribution in [0.25, 0.3) is 0 Å². The van der Waals surface area contributed by atoms with E-state index in [-0.39, 0.29) is 0 Å². The van der Waals surface area contributed by atoms with Gasteiger partial charge in [-0.05, 0) is 60.1 Å². The first-order valence-electron chi connectivity index (χ1n) is 15.7. The van der Waals surface area contributed by atoms with E-state index in [4.69, 9.17) is 9.47 Å². The fourth-order valence-corrected chi connectivity index (χ4v) is 5.07. The molecule has 3 nitrogen and oxygen atoms in total. The third-order valence-electron chi connectivity index (χ3n) is 7.46. The lowest BCUT2D eigenvalue weighted by molar-refractivity contribution is -0.107. The van der Waals surface area contributed by atoms with Crippen molar-refractivity contribution in [3.63, 3.8) is 0 Å². The van der Waals surface area contributed by atoms with Gasteiger partial charge in [-0.3, -0.25) is 0 Å². The SMILES string of the molecule is O=CCCCCCCCCCCCCCCOCCOc1ccc(Cc2ccc(Cc3ccccc3)cc2)cc1. The molecule has 0 N–H and O–H groups in total. The van der Waals surface area contributed by atoms with Crippen molar-refractivity contribution in [1.82, 2.24) is 0 Å². The lowest BCUT2D eigenvalue weighted by Gasteiger charge is -2.09. The van der Waals surface area contributed by atoms with Gasteiger partial charge in [0.05, 0.1) is 6.61 Å². The van der Waals surface area contributed by atoms with Crippen LogP contribution < -0.4 is 4.74 Å². The second-order valence-corrected chi connectivity index (χ2v) is 11.0. The highest BCUT2D eigenvalue weighted by Crippen LogP contribution is 2.17. The number of aldehydes is 1. The molecule has 0 atom stereocenters. The highest BCUT2D eigenvalue weighted by Gasteiger charge is 2.01. The smallest absolute Gasteiger partial charge is 0.119 e. The van der Waals surface area contributed by atoms with Crippen molar-refractivity contribution in [1.29, 1.82) is 0 Å². The lowest BCUT2D eigenvalue weighted by atomic mass is 10.0. The molecule has 0 aliphatic carbocycles. The van der Waals surface area contributed by atoms with E-state index in [1.54, 1.807) is 0 Å². The van der Waals surface area contributed by atoms with Crippen LogP contribution in [-0.2, 0) is 22.4 Å². The molecule has 216 valence electrons. The average Bonchev–Trinajstić information content (AvgIpc) is 2.99. The molecule has 0 spiro atoms. The third-order valence-corrected chi connectivity index (χ3v) is 7.46. The second-order valence-electron chi connectivity index (χ2n) is 11.0. The molecule has 0 amide bonds. The Hall–Kier alpha value is -2.91. The predicted molar refractivity (Wildman–Crippen MR) is 167 cm³/mol. The van der Waals surface area contributed by atoms with Crippen LogP contribution in [0.15, 0.2) is 78.9 Å². The van der Waals surface area contributed by atoms with Gasteiger partial charge >= 0.3 is 0 Å². The molecule has 3 heteroatoms. The summed E-state index contributed by atoms with van der Waals surface area (Å²) in [6.07, 6.45) is 19.1. The molecule has 40 heavy (non-hydrogen) atoms. The lowest BCUT2D eigenvalue weighted by Crippen LogP contribution is -2.07. The molecule has 3 aromatic carbocycles. The van der Waals surface area contributed by atoms with Gasteiger partial charge in [-0.15, -0.1) is 0 Å². The molecule has 0 unspecified atom stereocenters. The molecule has 0 saturated heterocycles. The Labute approximate surface area is 243 Å². The predicted octanol–water partition coefficient (Wildman–Crippen LogP) is 9.53. The van der Waals surface area contributed by atoms with Crippen LogP contribution in [0.1, 0.15) is 106 Å². The zero-order valence-corrected chi connectivity index (χ0v) is 24.5. The zero-order valence-electron chi connectivity index (χ0n) is 24.5. The van der Waals surface area contributed by atoms with E-state index >= 15 is 0 Å². The largest absolute Gasteiger partial charge is 0.491 e. The number of carbonyl (C=O) groups excluding carboxylic acids is 1. The van der Waals surface area contributed by atoms with Crippen molar-refractivity contribution in [3.05, 3.63) is 101 Å². The maximum Gasteiger partial charge on any atom is 0.119 e. The minimum atomic E-state index is 0.597. The Morgan fingerprint density at radius 3 is 1.43 bits per heavy atom. The van der Waals surface area contributed by atoms with Crippen LogP contribution in [0, 0.1) is 0 Å². The van der Waals surface area contributed by atoms with Gasteiger partial charge in [0.25, 0.3) is 0 Å². The molecule has 0 radical (unpaired) electrons. The molecule has 0 aromatic heterocycles. The number of hydrogen-bond donors (Lipinski definition) is 0. The van der Waals surface area contributed by atoms with Gasteiger partial charge in [-0.25, -0.2) is 0 Å². The minimum absolute atomic E-state index is 0.597. The summed E-state index contributed by atoms with van der Waals surface area (Å²) in [5.41, 5.74) is 5.31. The Balaban J connectivity index is 1.13. The Morgan fingerprint density at radius 1 is 0.450 bits per heavy atom. The first-order chi connectivity index (χ1) is 19.8. The molecule has 0 fully saturated rings. The van der Waals surface area contributed by atoms with Crippen molar-refractivity contribution in [2.45, 2.75) is 96.3 Å². The Morgan fingerprint density at radius 2 is 0.900 bits per heavy atom. The van der Waals surface area contributed by atoms with Crippen molar-refractivity contribution in [2.75, 3.05) is 19.8 Å². The van der Waals surface area contributed by atoms with E-state index in [1.807, 2.05) is 0 Å². The number of rotatable bonds is 23. The van der Waals surface area contributed by atoms with E-state index < -0.39 is 0 Å². The van der Waals surface area contributed by atoms with E-state index in [2.05, 4.69) is 78.9 Å². The standard InChI is InChI=1S/C37H50O3/c38-27-15-10-8-6-4-2-1-3-5-7-9-11-16-28-39-29-30-40-37-25-23-36(24-26-37)32-35-21-19-34(20-22-35)31-33-17-13-12-14-18-33/h12-14,17-27H,1-11,15-16,28-32H2. The summed E-state index contributed by atoms with van der Waals surface area (Å²) in [5, 5.41) is 0. The average molecular weight is 543 g/mol. The monoisotopic (exact) mass is 542 g/mol. The summed E-state index contributed by atoms with van der Waals surface area (Å²) in [7, 11) is 0. The normalized spacial score (nSPS) is 11.0. The first-order valence-corrected chi connectivity index (χ1v) is 15.7. The van der Waals surface area contributed by atoms with Gasteiger partial charge in [-0.2, -0.15) is 0 Å². The van der Waals surface area contributed by atoms with Crippen molar-refractivity contribution in [3.8, 4) is 5.75 Å². The van der Waals surface area contributed by atoms with E-state index in [0.29, 0.717) is 13.2 Å². The highest BCUT2D eigenvalue weighted by atomic mass is 16.5. The summed E-state index contributed by atoms with van der Waals surface area (Å²) in [5.74, 6) is 0.906. The molecule has 0 heterocycles. The first kappa shape index (κ1) is 31.6. The molecule has 0 bridgehead atoms. The van der Waals surface area contributed by atoms with Gasteiger partial charge in [0.15, 0.2) is 0 Å². The second kappa shape index (κ2) is 20.9.